The highest BCUT2D eigenvalue weighted by molar-refractivity contribution is 5.99. The van der Waals surface area contributed by atoms with E-state index in [-0.39, 0.29) is 36.2 Å². The molecule has 0 aliphatic rings. The fraction of sp³-hybridized carbons (Fsp3) is 0.568. The monoisotopic (exact) mass is 641 g/mol. The zero-order valence-corrected chi connectivity index (χ0v) is 30.0. The minimum Gasteiger partial charge on any atom is -0.351 e. The van der Waals surface area contributed by atoms with Crippen LogP contribution in [0.1, 0.15) is 107 Å². The van der Waals surface area contributed by atoms with Crippen molar-refractivity contribution in [1.29, 1.82) is 0 Å². The fourth-order valence-electron chi connectivity index (χ4n) is 3.79. The zero-order chi connectivity index (χ0) is 35.3. The first kappa shape index (κ1) is 44.6. The molecule has 0 aliphatic heterocycles. The molecule has 0 radical (unpaired) electrons. The van der Waals surface area contributed by atoms with Gasteiger partial charge in [0, 0.05) is 49.3 Å². The molecule has 0 heterocycles. The summed E-state index contributed by atoms with van der Waals surface area (Å²) < 4.78 is 0. The van der Waals surface area contributed by atoms with Crippen molar-refractivity contribution in [1.82, 2.24) is 20.9 Å². The van der Waals surface area contributed by atoms with E-state index in [2.05, 4.69) is 50.6 Å². The molecular weight excluding hydrogens is 578 g/mol. The average molecular weight is 642 g/mol. The number of likely N-dealkylation sites (N-methyl/N-ethyl adjacent to an activating group) is 1. The molecule has 9 nitrogen and oxygen atoms in total. The standard InChI is InChI=1S/C20H31N3O3.C10H14N2O.C4H10.C3H8/c1-4-9-23(10-5-2)20(26)17-8-6-7-16(12-17)19(25)22-13-18(21)11-15(3)14-24;1-11-8-10(13)12-7-9-5-3-2-4-6-9;1-4(2)3;1-3-2/h6-8,12,14-15,18H,4-5,9-11,13,21H2,1-3H3,(H,22,25);2-6,11H,7-8H2,1H3,(H,12,13);4H,1-3H3;3H2,1-2H3. The molecular formula is C37H63N5O4. The molecule has 0 fully saturated rings. The number of nitrogens with two attached hydrogens (primary N) is 1. The SMILES string of the molecule is CC(C)C.CCC.CCCN(CCC)C(=O)c1cccc(C(=O)NCC(N)CC(C)C=O)c1.CNCC(=O)NCc1ccccc1. The van der Waals surface area contributed by atoms with E-state index in [1.807, 2.05) is 49.1 Å². The van der Waals surface area contributed by atoms with Gasteiger partial charge in [-0.25, -0.2) is 0 Å². The van der Waals surface area contributed by atoms with Gasteiger partial charge in [-0.2, -0.15) is 0 Å². The van der Waals surface area contributed by atoms with E-state index in [0.29, 0.717) is 43.7 Å². The lowest BCUT2D eigenvalue weighted by Gasteiger charge is -2.21. The quantitative estimate of drug-likeness (QED) is 0.181. The van der Waals surface area contributed by atoms with Crippen LogP contribution in [0, 0.1) is 11.8 Å². The maximum absolute atomic E-state index is 12.7. The van der Waals surface area contributed by atoms with Gasteiger partial charge in [0.1, 0.15) is 6.29 Å². The molecule has 0 bridgehead atoms. The van der Waals surface area contributed by atoms with Gasteiger partial charge in [0.05, 0.1) is 6.54 Å². The van der Waals surface area contributed by atoms with Crippen LogP contribution >= 0.6 is 0 Å². The summed E-state index contributed by atoms with van der Waals surface area (Å²) in [6, 6.07) is 16.3. The molecule has 0 saturated heterocycles. The smallest absolute Gasteiger partial charge is 0.253 e. The first-order valence-electron chi connectivity index (χ1n) is 16.7. The van der Waals surface area contributed by atoms with Gasteiger partial charge in [0.15, 0.2) is 0 Å². The Hall–Kier alpha value is -3.56. The van der Waals surface area contributed by atoms with Crippen molar-refractivity contribution in [2.24, 2.45) is 17.6 Å². The number of rotatable bonds is 15. The molecule has 0 aromatic heterocycles. The Labute approximate surface area is 279 Å². The van der Waals surface area contributed by atoms with Crippen molar-refractivity contribution in [3.05, 3.63) is 71.3 Å². The lowest BCUT2D eigenvalue weighted by Crippen LogP contribution is -2.38. The van der Waals surface area contributed by atoms with Gasteiger partial charge in [0.2, 0.25) is 5.91 Å². The van der Waals surface area contributed by atoms with Crippen LogP contribution in [0.5, 0.6) is 0 Å². The van der Waals surface area contributed by atoms with Crippen LogP contribution in [0.3, 0.4) is 0 Å². The van der Waals surface area contributed by atoms with E-state index in [0.717, 1.165) is 30.6 Å². The van der Waals surface area contributed by atoms with Crippen LogP contribution in [-0.4, -0.2) is 68.2 Å². The molecule has 0 aliphatic carbocycles. The Balaban J connectivity index is 0. The minimum atomic E-state index is -0.284. The summed E-state index contributed by atoms with van der Waals surface area (Å²) in [7, 11) is 1.75. The number of nitrogens with zero attached hydrogens (tertiary/aromatic N) is 1. The van der Waals surface area contributed by atoms with E-state index < -0.39 is 0 Å². The molecule has 9 heteroatoms. The molecule has 0 saturated carbocycles. The minimum absolute atomic E-state index is 0.0198. The second-order valence-corrected chi connectivity index (χ2v) is 11.9. The van der Waals surface area contributed by atoms with Gasteiger partial charge >= 0.3 is 0 Å². The second-order valence-electron chi connectivity index (χ2n) is 11.9. The van der Waals surface area contributed by atoms with E-state index in [9.17, 15) is 19.2 Å². The van der Waals surface area contributed by atoms with Gasteiger partial charge in [-0.15, -0.1) is 0 Å². The number of aldehydes is 1. The van der Waals surface area contributed by atoms with E-state index in [1.165, 1.54) is 6.42 Å². The Kier molecular flexibility index (Phi) is 28.0. The Bertz CT molecular complexity index is 1070. The third kappa shape index (κ3) is 23.8. The highest BCUT2D eigenvalue weighted by Crippen LogP contribution is 2.10. The number of hydrogen-bond acceptors (Lipinski definition) is 6. The van der Waals surface area contributed by atoms with Gasteiger partial charge in [-0.05, 0) is 56.0 Å². The fourth-order valence-corrected chi connectivity index (χ4v) is 3.79. The second kappa shape index (κ2) is 28.9. The molecule has 2 aromatic carbocycles. The van der Waals surface area contributed by atoms with Crippen LogP contribution in [-0.2, 0) is 16.1 Å². The largest absolute Gasteiger partial charge is 0.351 e. The Morgan fingerprint density at radius 1 is 0.848 bits per heavy atom. The lowest BCUT2D eigenvalue weighted by molar-refractivity contribution is -0.120. The third-order valence-corrected chi connectivity index (χ3v) is 5.75. The van der Waals surface area contributed by atoms with E-state index in [1.54, 1.807) is 38.2 Å². The molecule has 2 rings (SSSR count). The van der Waals surface area contributed by atoms with Crippen LogP contribution in [0.15, 0.2) is 54.6 Å². The van der Waals surface area contributed by atoms with Crippen molar-refractivity contribution in [2.75, 3.05) is 33.2 Å². The average Bonchev–Trinajstić information content (AvgIpc) is 3.03. The van der Waals surface area contributed by atoms with Crippen molar-refractivity contribution >= 4 is 24.0 Å². The maximum atomic E-state index is 12.7. The molecule has 46 heavy (non-hydrogen) atoms. The Morgan fingerprint density at radius 2 is 1.39 bits per heavy atom. The molecule has 2 aromatic rings. The molecule has 0 spiro atoms. The van der Waals surface area contributed by atoms with E-state index in [4.69, 9.17) is 5.73 Å². The predicted octanol–water partition coefficient (Wildman–Crippen LogP) is 5.83. The number of hydrogen-bond donors (Lipinski definition) is 4. The van der Waals surface area contributed by atoms with Gasteiger partial charge < -0.3 is 31.4 Å². The van der Waals surface area contributed by atoms with Crippen molar-refractivity contribution in [2.45, 2.75) is 93.7 Å². The number of carbonyl (C=O) groups is 4. The summed E-state index contributed by atoms with van der Waals surface area (Å²) in [5.74, 6) is 0.392. The maximum Gasteiger partial charge on any atom is 0.253 e. The zero-order valence-electron chi connectivity index (χ0n) is 30.0. The van der Waals surface area contributed by atoms with Crippen LogP contribution < -0.4 is 21.7 Å². The summed E-state index contributed by atoms with van der Waals surface area (Å²) >= 11 is 0. The highest BCUT2D eigenvalue weighted by Gasteiger charge is 2.17. The van der Waals surface area contributed by atoms with Crippen molar-refractivity contribution in [3.63, 3.8) is 0 Å². The molecule has 2 unspecified atom stereocenters. The van der Waals surface area contributed by atoms with Crippen molar-refractivity contribution < 1.29 is 19.2 Å². The summed E-state index contributed by atoms with van der Waals surface area (Å²) in [6.07, 6.45) is 4.41. The predicted molar refractivity (Wildman–Crippen MR) is 192 cm³/mol. The van der Waals surface area contributed by atoms with Crippen LogP contribution in [0.25, 0.3) is 0 Å². The van der Waals surface area contributed by atoms with Crippen LogP contribution in [0.4, 0.5) is 0 Å². The van der Waals surface area contributed by atoms with Crippen molar-refractivity contribution in [3.8, 4) is 0 Å². The molecule has 2 atom stereocenters. The number of carbonyl (C=O) groups excluding carboxylic acids is 4. The molecule has 260 valence electrons. The Morgan fingerprint density at radius 3 is 1.89 bits per heavy atom. The first-order chi connectivity index (χ1) is 21.9. The summed E-state index contributed by atoms with van der Waals surface area (Å²) in [5.41, 5.74) is 7.99. The van der Waals surface area contributed by atoms with Gasteiger partial charge in [-0.3, -0.25) is 14.4 Å². The number of nitrogens with one attached hydrogen (secondary N) is 3. The first-order valence-corrected chi connectivity index (χ1v) is 16.7. The lowest BCUT2D eigenvalue weighted by atomic mass is 10.0. The third-order valence-electron chi connectivity index (χ3n) is 5.75. The number of amides is 3. The highest BCUT2D eigenvalue weighted by atomic mass is 16.2. The number of benzene rings is 2. The van der Waals surface area contributed by atoms with Gasteiger partial charge in [0.25, 0.3) is 11.8 Å². The summed E-state index contributed by atoms with van der Waals surface area (Å²) in [6.45, 7) is 19.3. The van der Waals surface area contributed by atoms with Gasteiger partial charge in [-0.1, -0.05) is 98.2 Å². The summed E-state index contributed by atoms with van der Waals surface area (Å²) in [5, 5.41) is 8.36. The van der Waals surface area contributed by atoms with E-state index >= 15 is 0 Å². The molecule has 5 N–H and O–H groups in total. The molecule has 3 amide bonds. The topological polar surface area (TPSA) is 134 Å². The normalized spacial score (nSPS) is 11.2. The summed E-state index contributed by atoms with van der Waals surface area (Å²) in [4.78, 5) is 48.5. The van der Waals surface area contributed by atoms with Crippen LogP contribution in [0.2, 0.25) is 0 Å².